The summed E-state index contributed by atoms with van der Waals surface area (Å²) in [5.41, 5.74) is 8.08. The van der Waals surface area contributed by atoms with E-state index in [1.807, 2.05) is 60.7 Å². The molecule has 0 aliphatic carbocycles. The highest BCUT2D eigenvalue weighted by Gasteiger charge is 2.11. The van der Waals surface area contributed by atoms with Crippen LogP contribution in [-0.2, 0) is 13.2 Å². The van der Waals surface area contributed by atoms with Crippen molar-refractivity contribution in [3.05, 3.63) is 95.6 Å². The van der Waals surface area contributed by atoms with Crippen molar-refractivity contribution in [2.45, 2.75) is 13.2 Å². The van der Waals surface area contributed by atoms with E-state index in [1.165, 1.54) is 0 Å². The third-order valence-electron chi connectivity index (χ3n) is 3.93. The average molecular weight is 428 g/mol. The van der Waals surface area contributed by atoms with Gasteiger partial charge in [-0.15, -0.1) is 17.0 Å². The zero-order chi connectivity index (χ0) is 18.2. The second kappa shape index (κ2) is 10.5. The number of benzene rings is 3. The van der Waals surface area contributed by atoms with Crippen molar-refractivity contribution in [1.82, 2.24) is 0 Å². The van der Waals surface area contributed by atoms with Gasteiger partial charge in [-0.05, 0) is 29.3 Å². The first-order chi connectivity index (χ1) is 12.8. The van der Waals surface area contributed by atoms with Crippen LogP contribution in [0.3, 0.4) is 0 Å². The van der Waals surface area contributed by atoms with Gasteiger partial charge in [0.1, 0.15) is 13.2 Å². The Morgan fingerprint density at radius 3 is 1.78 bits per heavy atom. The summed E-state index contributed by atoms with van der Waals surface area (Å²) in [5.74, 6) is 0.992. The molecule has 5 heteroatoms. The van der Waals surface area contributed by atoms with Crippen molar-refractivity contribution in [3.8, 4) is 11.5 Å². The Balaban J connectivity index is 0.00000261. The van der Waals surface area contributed by atoms with E-state index in [9.17, 15) is 4.79 Å². The molecule has 140 valence electrons. The van der Waals surface area contributed by atoms with E-state index in [4.69, 9.17) is 15.2 Å². The fourth-order valence-corrected chi connectivity index (χ4v) is 2.50. The predicted octanol–water partition coefficient (Wildman–Crippen LogP) is 4.56. The molecule has 3 rings (SSSR count). The standard InChI is InChI=1S/C22H21NO3.BrH/c23-14-20(24)19-11-12-21(25-15-17-7-3-1-4-8-17)22(13-19)26-16-18-9-5-2-6-10-18;/h1-13H,14-16,23H2;1H. The fraction of sp³-hybridized carbons (Fsp3) is 0.136. The second-order valence-electron chi connectivity index (χ2n) is 5.84. The Hall–Kier alpha value is -2.63. The Morgan fingerprint density at radius 2 is 1.26 bits per heavy atom. The lowest BCUT2D eigenvalue weighted by Crippen LogP contribution is -2.13. The molecule has 2 N–H and O–H groups in total. The summed E-state index contributed by atoms with van der Waals surface area (Å²) in [4.78, 5) is 11.9. The highest BCUT2D eigenvalue weighted by Crippen LogP contribution is 2.30. The number of Topliss-reactive ketones (excluding diaryl/α,β-unsaturated/α-hetero) is 1. The molecule has 0 aliphatic heterocycles. The average Bonchev–Trinajstić information content (AvgIpc) is 2.72. The van der Waals surface area contributed by atoms with E-state index in [2.05, 4.69) is 0 Å². The molecule has 0 radical (unpaired) electrons. The third-order valence-corrected chi connectivity index (χ3v) is 3.93. The smallest absolute Gasteiger partial charge is 0.176 e. The van der Waals surface area contributed by atoms with E-state index in [1.54, 1.807) is 18.2 Å². The Bertz CT molecular complexity index is 854. The maximum absolute atomic E-state index is 11.9. The molecular weight excluding hydrogens is 406 g/mol. The Morgan fingerprint density at radius 1 is 0.741 bits per heavy atom. The third kappa shape index (κ3) is 5.94. The molecule has 0 aromatic heterocycles. The number of hydrogen-bond donors (Lipinski definition) is 1. The van der Waals surface area contributed by atoms with E-state index in [0.717, 1.165) is 11.1 Å². The highest BCUT2D eigenvalue weighted by molar-refractivity contribution is 8.93. The summed E-state index contributed by atoms with van der Waals surface area (Å²) < 4.78 is 11.8. The molecule has 27 heavy (non-hydrogen) atoms. The molecule has 4 nitrogen and oxygen atoms in total. The number of carbonyl (C=O) groups is 1. The normalized spacial score (nSPS) is 9.96. The quantitative estimate of drug-likeness (QED) is 0.535. The largest absolute Gasteiger partial charge is 0.485 e. The number of ketones is 1. The zero-order valence-electron chi connectivity index (χ0n) is 14.8. The summed E-state index contributed by atoms with van der Waals surface area (Å²) in [5, 5.41) is 0. The molecule has 3 aromatic rings. The minimum Gasteiger partial charge on any atom is -0.485 e. The Labute approximate surface area is 169 Å². The second-order valence-corrected chi connectivity index (χ2v) is 5.84. The van der Waals surface area contributed by atoms with Crippen LogP contribution in [0.5, 0.6) is 11.5 Å². The molecular formula is C22H22BrNO3. The van der Waals surface area contributed by atoms with Crippen LogP contribution in [0, 0.1) is 0 Å². The van der Waals surface area contributed by atoms with E-state index < -0.39 is 0 Å². The number of hydrogen-bond acceptors (Lipinski definition) is 4. The number of rotatable bonds is 8. The van der Waals surface area contributed by atoms with Gasteiger partial charge in [-0.2, -0.15) is 0 Å². The van der Waals surface area contributed by atoms with Crippen LogP contribution in [0.4, 0.5) is 0 Å². The molecule has 0 atom stereocenters. The lowest BCUT2D eigenvalue weighted by Gasteiger charge is -2.14. The summed E-state index contributed by atoms with van der Waals surface area (Å²) in [6.45, 7) is 0.776. The zero-order valence-corrected chi connectivity index (χ0v) is 16.6. The maximum atomic E-state index is 11.9. The molecule has 0 unspecified atom stereocenters. The lowest BCUT2D eigenvalue weighted by molar-refractivity contribution is 0.100. The molecule has 0 fully saturated rings. The van der Waals surface area contributed by atoms with Crippen molar-refractivity contribution in [1.29, 1.82) is 0 Å². The number of ether oxygens (including phenoxy) is 2. The van der Waals surface area contributed by atoms with Gasteiger partial charge in [0.25, 0.3) is 0 Å². The van der Waals surface area contributed by atoms with E-state index in [-0.39, 0.29) is 29.3 Å². The minimum atomic E-state index is -0.135. The fourth-order valence-electron chi connectivity index (χ4n) is 2.50. The lowest BCUT2D eigenvalue weighted by atomic mass is 10.1. The molecule has 0 heterocycles. The van der Waals surface area contributed by atoms with Crippen LogP contribution in [0.25, 0.3) is 0 Å². The monoisotopic (exact) mass is 427 g/mol. The van der Waals surface area contributed by atoms with Crippen LogP contribution in [-0.4, -0.2) is 12.3 Å². The van der Waals surface area contributed by atoms with Crippen LogP contribution >= 0.6 is 17.0 Å². The summed E-state index contributed by atoms with van der Waals surface area (Å²) in [6.07, 6.45) is 0. The van der Waals surface area contributed by atoms with Gasteiger partial charge in [0.05, 0.1) is 6.54 Å². The number of halogens is 1. The van der Waals surface area contributed by atoms with E-state index >= 15 is 0 Å². The molecule has 3 aromatic carbocycles. The highest BCUT2D eigenvalue weighted by atomic mass is 79.9. The molecule has 0 saturated carbocycles. The van der Waals surface area contributed by atoms with Crippen LogP contribution in [0.15, 0.2) is 78.9 Å². The predicted molar refractivity (Wildman–Crippen MR) is 112 cm³/mol. The van der Waals surface area contributed by atoms with Crippen molar-refractivity contribution in [3.63, 3.8) is 0 Å². The van der Waals surface area contributed by atoms with Crippen LogP contribution in [0.1, 0.15) is 21.5 Å². The van der Waals surface area contributed by atoms with Gasteiger partial charge in [0.2, 0.25) is 0 Å². The number of nitrogens with two attached hydrogens (primary N) is 1. The van der Waals surface area contributed by atoms with Crippen LogP contribution in [0.2, 0.25) is 0 Å². The van der Waals surface area contributed by atoms with Gasteiger partial charge in [0, 0.05) is 5.56 Å². The van der Waals surface area contributed by atoms with Gasteiger partial charge in [0.15, 0.2) is 17.3 Å². The summed E-state index contributed by atoms with van der Waals surface area (Å²) in [7, 11) is 0. The molecule has 0 aliphatic rings. The SMILES string of the molecule is Br.NCC(=O)c1ccc(OCc2ccccc2)c(OCc2ccccc2)c1. The van der Waals surface area contributed by atoms with Gasteiger partial charge >= 0.3 is 0 Å². The molecule has 0 saturated heterocycles. The van der Waals surface area contributed by atoms with Gasteiger partial charge in [-0.1, -0.05) is 60.7 Å². The summed E-state index contributed by atoms with van der Waals surface area (Å²) >= 11 is 0. The molecule has 0 bridgehead atoms. The maximum Gasteiger partial charge on any atom is 0.176 e. The van der Waals surface area contributed by atoms with Crippen molar-refractivity contribution < 1.29 is 14.3 Å². The number of carbonyl (C=O) groups excluding carboxylic acids is 1. The van der Waals surface area contributed by atoms with Gasteiger partial charge in [-0.3, -0.25) is 4.79 Å². The van der Waals surface area contributed by atoms with Gasteiger partial charge in [-0.25, -0.2) is 0 Å². The first kappa shape index (κ1) is 20.7. The molecule has 0 amide bonds. The van der Waals surface area contributed by atoms with Gasteiger partial charge < -0.3 is 15.2 Å². The van der Waals surface area contributed by atoms with Crippen molar-refractivity contribution in [2.24, 2.45) is 5.73 Å². The minimum absolute atomic E-state index is 0. The van der Waals surface area contributed by atoms with Crippen molar-refractivity contribution in [2.75, 3.05) is 6.54 Å². The Kier molecular flexibility index (Phi) is 8.04. The summed E-state index contributed by atoms with van der Waals surface area (Å²) in [6, 6.07) is 24.9. The van der Waals surface area contributed by atoms with E-state index in [0.29, 0.717) is 30.3 Å². The van der Waals surface area contributed by atoms with Crippen LogP contribution < -0.4 is 15.2 Å². The van der Waals surface area contributed by atoms with Crippen molar-refractivity contribution >= 4 is 22.8 Å². The first-order valence-electron chi connectivity index (χ1n) is 8.47. The topological polar surface area (TPSA) is 61.6 Å². The first-order valence-corrected chi connectivity index (χ1v) is 8.47. The molecule has 0 spiro atoms.